The summed E-state index contributed by atoms with van der Waals surface area (Å²) in [7, 11) is 1.74. The second kappa shape index (κ2) is 3.39. The third-order valence-electron chi connectivity index (χ3n) is 2.10. The van der Waals surface area contributed by atoms with Gasteiger partial charge >= 0.3 is 0 Å². The topological polar surface area (TPSA) is 74.1 Å². The summed E-state index contributed by atoms with van der Waals surface area (Å²) in [6.45, 7) is 0. The molecule has 5 nitrogen and oxygen atoms in total. The summed E-state index contributed by atoms with van der Waals surface area (Å²) in [5.41, 5.74) is 0.516. The van der Waals surface area contributed by atoms with Gasteiger partial charge in [0.25, 0.3) is 0 Å². The highest BCUT2D eigenvalue weighted by Crippen LogP contribution is 2.30. The Bertz CT molecular complexity index is 559. The summed E-state index contributed by atoms with van der Waals surface area (Å²) in [5.74, 6) is 0.498. The number of aromatic hydroxyl groups is 2. The third kappa shape index (κ3) is 1.59. The fraction of sp³-hybridized carbons (Fsp3) is 0.111. The Morgan fingerprint density at radius 2 is 2.13 bits per heavy atom. The minimum atomic E-state index is -0.0351. The number of nitrogens with zero attached hydrogens (tertiary/aromatic N) is 2. The summed E-state index contributed by atoms with van der Waals surface area (Å²) in [4.78, 5) is 0. The lowest BCUT2D eigenvalue weighted by molar-refractivity contribution is 0.451. The Labute approximate surface area is 90.6 Å². The van der Waals surface area contributed by atoms with Crippen LogP contribution < -0.4 is 0 Å². The van der Waals surface area contributed by atoms with Crippen LogP contribution in [0.5, 0.6) is 11.5 Å². The van der Waals surface area contributed by atoms with E-state index in [-0.39, 0.29) is 11.5 Å². The van der Waals surface area contributed by atoms with Gasteiger partial charge in [0.1, 0.15) is 11.5 Å². The van der Waals surface area contributed by atoms with E-state index in [4.69, 9.17) is 17.3 Å². The van der Waals surface area contributed by atoms with Crippen molar-refractivity contribution in [2.45, 2.75) is 0 Å². The van der Waals surface area contributed by atoms with Crippen molar-refractivity contribution >= 4 is 12.2 Å². The van der Waals surface area contributed by atoms with E-state index in [1.807, 2.05) is 0 Å². The number of nitrogens with one attached hydrogen (secondary N) is 1. The van der Waals surface area contributed by atoms with Crippen LogP contribution in [0, 0.1) is 4.77 Å². The summed E-state index contributed by atoms with van der Waals surface area (Å²) in [5, 5.41) is 25.4. The van der Waals surface area contributed by atoms with Crippen molar-refractivity contribution in [2.24, 2.45) is 7.05 Å². The van der Waals surface area contributed by atoms with Crippen molar-refractivity contribution in [3.8, 4) is 22.9 Å². The fourth-order valence-corrected chi connectivity index (χ4v) is 1.43. The molecule has 0 atom stereocenters. The Hall–Kier alpha value is -1.82. The van der Waals surface area contributed by atoms with Crippen LogP contribution in [0.2, 0.25) is 0 Å². The van der Waals surface area contributed by atoms with Crippen LogP contribution in [-0.2, 0) is 7.05 Å². The van der Waals surface area contributed by atoms with Gasteiger partial charge in [-0.1, -0.05) is 0 Å². The average molecular weight is 223 g/mol. The lowest BCUT2D eigenvalue weighted by atomic mass is 10.2. The van der Waals surface area contributed by atoms with Crippen molar-refractivity contribution in [1.82, 2.24) is 14.8 Å². The molecule has 15 heavy (non-hydrogen) atoms. The fourth-order valence-electron chi connectivity index (χ4n) is 1.30. The van der Waals surface area contributed by atoms with Gasteiger partial charge in [-0.2, -0.15) is 5.10 Å². The number of benzene rings is 1. The van der Waals surface area contributed by atoms with Crippen LogP contribution >= 0.6 is 12.2 Å². The van der Waals surface area contributed by atoms with Crippen LogP contribution in [-0.4, -0.2) is 25.0 Å². The quantitative estimate of drug-likeness (QED) is 0.641. The highest BCUT2D eigenvalue weighted by atomic mass is 32.1. The molecule has 0 radical (unpaired) electrons. The zero-order valence-corrected chi connectivity index (χ0v) is 8.75. The molecule has 1 aromatic carbocycles. The van der Waals surface area contributed by atoms with Gasteiger partial charge in [0.2, 0.25) is 0 Å². The van der Waals surface area contributed by atoms with Crippen LogP contribution in [0.1, 0.15) is 0 Å². The normalized spacial score (nSPS) is 10.5. The molecule has 2 rings (SSSR count). The number of rotatable bonds is 1. The number of aromatic amines is 1. The summed E-state index contributed by atoms with van der Waals surface area (Å²) in [6.07, 6.45) is 0. The molecule has 6 heteroatoms. The van der Waals surface area contributed by atoms with Crippen molar-refractivity contribution in [2.75, 3.05) is 0 Å². The molecule has 3 N–H and O–H groups in total. The first-order chi connectivity index (χ1) is 7.09. The van der Waals surface area contributed by atoms with Gasteiger partial charge in [-0.05, 0) is 24.4 Å². The molecule has 0 amide bonds. The van der Waals surface area contributed by atoms with Crippen molar-refractivity contribution in [3.05, 3.63) is 23.0 Å². The summed E-state index contributed by atoms with van der Waals surface area (Å²) >= 11 is 4.96. The molecule has 0 fully saturated rings. The van der Waals surface area contributed by atoms with E-state index in [1.54, 1.807) is 17.7 Å². The number of phenolic OH excluding ortho intramolecular Hbond substituents is 2. The zero-order chi connectivity index (χ0) is 11.0. The molecule has 1 aromatic heterocycles. The molecule has 78 valence electrons. The van der Waals surface area contributed by atoms with E-state index >= 15 is 0 Å². The Morgan fingerprint density at radius 3 is 2.67 bits per heavy atom. The van der Waals surface area contributed by atoms with Gasteiger partial charge in [-0.15, -0.1) is 0 Å². The molecular weight excluding hydrogens is 214 g/mol. The second-order valence-corrected chi connectivity index (χ2v) is 3.50. The molecule has 0 bridgehead atoms. The summed E-state index contributed by atoms with van der Waals surface area (Å²) < 4.78 is 2.11. The van der Waals surface area contributed by atoms with Crippen LogP contribution in [0.4, 0.5) is 0 Å². The van der Waals surface area contributed by atoms with Crippen LogP contribution in [0.15, 0.2) is 18.2 Å². The largest absolute Gasteiger partial charge is 0.508 e. The van der Waals surface area contributed by atoms with E-state index in [0.717, 1.165) is 0 Å². The summed E-state index contributed by atoms with van der Waals surface area (Å²) in [6, 6.07) is 4.31. The van der Waals surface area contributed by atoms with Crippen LogP contribution in [0.3, 0.4) is 0 Å². The molecule has 0 saturated heterocycles. The van der Waals surface area contributed by atoms with Gasteiger partial charge in [0.15, 0.2) is 10.6 Å². The molecule has 0 aliphatic carbocycles. The molecule has 0 spiro atoms. The molecule has 2 aromatic rings. The minimum Gasteiger partial charge on any atom is -0.508 e. The van der Waals surface area contributed by atoms with E-state index in [1.165, 1.54) is 12.1 Å². The first kappa shape index (κ1) is 9.72. The monoisotopic (exact) mass is 223 g/mol. The van der Waals surface area contributed by atoms with E-state index in [2.05, 4.69) is 10.2 Å². The smallest absolute Gasteiger partial charge is 0.195 e. The number of aromatic nitrogens is 3. The standard InChI is InChI=1S/C9H9N3O2S/c1-12-8(10-11-9(12)15)6-3-2-5(13)4-7(6)14/h2-4,13-14H,1H3,(H,11,15). The SMILES string of the molecule is Cn1c(-c2ccc(O)cc2O)n[nH]c1=S. The molecule has 0 aliphatic rings. The average Bonchev–Trinajstić information content (AvgIpc) is 2.49. The number of phenols is 2. The van der Waals surface area contributed by atoms with E-state index < -0.39 is 0 Å². The predicted octanol–water partition coefficient (Wildman–Crippen LogP) is 1.56. The maximum atomic E-state index is 9.62. The Kier molecular flexibility index (Phi) is 2.20. The van der Waals surface area contributed by atoms with Gasteiger partial charge in [0.05, 0.1) is 5.56 Å². The van der Waals surface area contributed by atoms with Gasteiger partial charge < -0.3 is 14.8 Å². The van der Waals surface area contributed by atoms with E-state index in [0.29, 0.717) is 16.2 Å². The van der Waals surface area contributed by atoms with Crippen molar-refractivity contribution in [1.29, 1.82) is 0 Å². The Balaban J connectivity index is 2.64. The lowest BCUT2D eigenvalue weighted by Crippen LogP contribution is -1.92. The Morgan fingerprint density at radius 1 is 1.40 bits per heavy atom. The van der Waals surface area contributed by atoms with Crippen molar-refractivity contribution in [3.63, 3.8) is 0 Å². The lowest BCUT2D eigenvalue weighted by Gasteiger charge is -2.03. The zero-order valence-electron chi connectivity index (χ0n) is 7.93. The van der Waals surface area contributed by atoms with E-state index in [9.17, 15) is 5.11 Å². The molecule has 1 heterocycles. The van der Waals surface area contributed by atoms with Gasteiger partial charge in [-0.25, -0.2) is 0 Å². The number of hydrogen-bond donors (Lipinski definition) is 3. The first-order valence-corrected chi connectivity index (χ1v) is 4.64. The molecule has 0 aliphatic heterocycles. The second-order valence-electron chi connectivity index (χ2n) is 3.11. The third-order valence-corrected chi connectivity index (χ3v) is 2.47. The molecule has 0 saturated carbocycles. The number of H-pyrrole nitrogens is 1. The minimum absolute atomic E-state index is 0.00744. The van der Waals surface area contributed by atoms with Gasteiger partial charge in [0, 0.05) is 13.1 Å². The maximum Gasteiger partial charge on any atom is 0.195 e. The highest BCUT2D eigenvalue weighted by molar-refractivity contribution is 7.71. The predicted molar refractivity (Wildman–Crippen MR) is 57.2 cm³/mol. The van der Waals surface area contributed by atoms with Crippen LogP contribution in [0.25, 0.3) is 11.4 Å². The highest BCUT2D eigenvalue weighted by Gasteiger charge is 2.10. The first-order valence-electron chi connectivity index (χ1n) is 4.23. The molecular formula is C9H9N3O2S. The number of hydrogen-bond acceptors (Lipinski definition) is 4. The van der Waals surface area contributed by atoms with Crippen molar-refractivity contribution < 1.29 is 10.2 Å². The van der Waals surface area contributed by atoms with Gasteiger partial charge in [-0.3, -0.25) is 5.10 Å². The maximum absolute atomic E-state index is 9.62. The molecule has 0 unspecified atom stereocenters.